The van der Waals surface area contributed by atoms with Crippen molar-refractivity contribution in [3.05, 3.63) is 63.4 Å². The Kier molecular flexibility index (Phi) is 5.06. The molecule has 0 aromatic heterocycles. The summed E-state index contributed by atoms with van der Waals surface area (Å²) in [6.07, 6.45) is 0. The topological polar surface area (TPSA) is 9.23 Å². The first-order valence-electron chi connectivity index (χ1n) is 6.34. The molecule has 0 bridgehead atoms. The summed E-state index contributed by atoms with van der Waals surface area (Å²) in [6.45, 7) is 4.38. The predicted molar refractivity (Wildman–Crippen MR) is 84.1 cm³/mol. The Morgan fingerprint density at radius 3 is 2.55 bits per heavy atom. The minimum Gasteiger partial charge on any atom is -0.493 e. The first-order chi connectivity index (χ1) is 9.51. The van der Waals surface area contributed by atoms with Crippen LogP contribution < -0.4 is 4.74 Å². The van der Waals surface area contributed by atoms with Crippen molar-refractivity contribution < 1.29 is 9.13 Å². The molecule has 0 saturated carbocycles. The van der Waals surface area contributed by atoms with Gasteiger partial charge in [0.05, 0.1) is 16.5 Å². The van der Waals surface area contributed by atoms with Crippen LogP contribution in [0.15, 0.2) is 40.9 Å². The second-order valence-corrected chi connectivity index (χ2v) is 5.84. The molecule has 0 amide bonds. The van der Waals surface area contributed by atoms with Crippen molar-refractivity contribution in [2.45, 2.75) is 19.2 Å². The maximum Gasteiger partial charge on any atom is 0.133 e. The third-order valence-electron chi connectivity index (χ3n) is 2.91. The SMILES string of the molecule is CCOc1ccc(C(Cl)c2cc(C)cc(F)c2)cc1Br. The van der Waals surface area contributed by atoms with E-state index in [2.05, 4.69) is 15.9 Å². The molecule has 0 aliphatic rings. The molecule has 1 atom stereocenters. The van der Waals surface area contributed by atoms with Crippen LogP contribution in [-0.4, -0.2) is 6.61 Å². The lowest BCUT2D eigenvalue weighted by Gasteiger charge is -2.13. The molecule has 0 heterocycles. The smallest absolute Gasteiger partial charge is 0.133 e. The highest BCUT2D eigenvalue weighted by Gasteiger charge is 2.14. The third-order valence-corrected chi connectivity index (χ3v) is 4.03. The molecular weight excluding hydrogens is 343 g/mol. The molecule has 2 aromatic rings. The number of alkyl halides is 1. The van der Waals surface area contributed by atoms with E-state index in [0.29, 0.717) is 6.61 Å². The van der Waals surface area contributed by atoms with E-state index in [4.69, 9.17) is 16.3 Å². The Bertz CT molecular complexity index is 595. The Morgan fingerprint density at radius 1 is 1.20 bits per heavy atom. The summed E-state index contributed by atoms with van der Waals surface area (Å²) in [4.78, 5) is 0. The van der Waals surface area contributed by atoms with E-state index < -0.39 is 5.38 Å². The van der Waals surface area contributed by atoms with E-state index in [0.717, 1.165) is 26.9 Å². The molecule has 20 heavy (non-hydrogen) atoms. The Balaban J connectivity index is 2.33. The number of ether oxygens (including phenoxy) is 1. The van der Waals surface area contributed by atoms with Gasteiger partial charge in [0.1, 0.15) is 11.6 Å². The van der Waals surface area contributed by atoms with Gasteiger partial charge in [0.25, 0.3) is 0 Å². The molecule has 2 aromatic carbocycles. The standard InChI is InChI=1S/C16H15BrClFO/c1-3-20-15-5-4-11(9-14(15)17)16(18)12-6-10(2)7-13(19)8-12/h4-9,16H,3H2,1-2H3. The predicted octanol–water partition coefficient (Wildman–Crippen LogP) is 5.62. The average molecular weight is 358 g/mol. The second kappa shape index (κ2) is 6.59. The van der Waals surface area contributed by atoms with Gasteiger partial charge in [-0.2, -0.15) is 0 Å². The molecule has 0 fully saturated rings. The molecule has 2 rings (SSSR count). The van der Waals surface area contributed by atoms with E-state index in [9.17, 15) is 4.39 Å². The number of benzene rings is 2. The lowest BCUT2D eigenvalue weighted by molar-refractivity contribution is 0.338. The van der Waals surface area contributed by atoms with Crippen molar-refractivity contribution in [3.63, 3.8) is 0 Å². The quantitative estimate of drug-likeness (QED) is 0.645. The maximum absolute atomic E-state index is 13.5. The summed E-state index contributed by atoms with van der Waals surface area (Å²) < 4.78 is 19.8. The fourth-order valence-electron chi connectivity index (χ4n) is 2.05. The van der Waals surface area contributed by atoms with Gasteiger partial charge in [0.15, 0.2) is 0 Å². The zero-order chi connectivity index (χ0) is 14.7. The summed E-state index contributed by atoms with van der Waals surface area (Å²) in [5, 5.41) is -0.392. The Hall–Kier alpha value is -1.06. The lowest BCUT2D eigenvalue weighted by Crippen LogP contribution is -1.97. The normalized spacial score (nSPS) is 12.2. The van der Waals surface area contributed by atoms with Gasteiger partial charge in [-0.15, -0.1) is 11.6 Å². The monoisotopic (exact) mass is 356 g/mol. The van der Waals surface area contributed by atoms with Crippen LogP contribution in [-0.2, 0) is 0 Å². The van der Waals surface area contributed by atoms with Crippen LogP contribution in [0.5, 0.6) is 5.75 Å². The zero-order valence-corrected chi connectivity index (χ0v) is 13.6. The highest BCUT2D eigenvalue weighted by molar-refractivity contribution is 9.10. The summed E-state index contributed by atoms with van der Waals surface area (Å²) in [6, 6.07) is 10.5. The fourth-order valence-corrected chi connectivity index (χ4v) is 2.82. The highest BCUT2D eigenvalue weighted by atomic mass is 79.9. The Morgan fingerprint density at radius 2 is 1.95 bits per heavy atom. The molecule has 0 radical (unpaired) electrons. The minimum absolute atomic E-state index is 0.268. The van der Waals surface area contributed by atoms with Crippen molar-refractivity contribution in [2.24, 2.45) is 0 Å². The van der Waals surface area contributed by atoms with Gasteiger partial charge in [-0.3, -0.25) is 0 Å². The molecule has 1 unspecified atom stereocenters. The molecule has 0 aliphatic carbocycles. The van der Waals surface area contributed by atoms with Crippen molar-refractivity contribution in [3.8, 4) is 5.75 Å². The lowest BCUT2D eigenvalue weighted by atomic mass is 10.0. The van der Waals surface area contributed by atoms with Crippen LogP contribution in [0.25, 0.3) is 0 Å². The molecule has 1 nitrogen and oxygen atoms in total. The molecule has 0 N–H and O–H groups in total. The third kappa shape index (κ3) is 3.53. The van der Waals surface area contributed by atoms with Crippen LogP contribution in [0, 0.1) is 12.7 Å². The second-order valence-electron chi connectivity index (χ2n) is 4.55. The summed E-state index contributed by atoms with van der Waals surface area (Å²) in [5.41, 5.74) is 2.50. The number of rotatable bonds is 4. The summed E-state index contributed by atoms with van der Waals surface area (Å²) in [7, 11) is 0. The van der Waals surface area contributed by atoms with Gasteiger partial charge >= 0.3 is 0 Å². The number of hydrogen-bond acceptors (Lipinski definition) is 1. The Labute approximate surface area is 131 Å². The number of halogens is 3. The fraction of sp³-hybridized carbons (Fsp3) is 0.250. The first kappa shape index (κ1) is 15.3. The average Bonchev–Trinajstić information content (AvgIpc) is 2.39. The van der Waals surface area contributed by atoms with Crippen molar-refractivity contribution in [1.29, 1.82) is 0 Å². The molecule has 4 heteroatoms. The zero-order valence-electron chi connectivity index (χ0n) is 11.3. The molecule has 0 spiro atoms. The van der Waals surface area contributed by atoms with Crippen LogP contribution in [0.3, 0.4) is 0 Å². The maximum atomic E-state index is 13.5. The van der Waals surface area contributed by atoms with Gasteiger partial charge in [-0.1, -0.05) is 12.1 Å². The van der Waals surface area contributed by atoms with Crippen molar-refractivity contribution in [1.82, 2.24) is 0 Å². The molecule has 0 aliphatic heterocycles. The molecule has 106 valence electrons. The summed E-state index contributed by atoms with van der Waals surface area (Å²) in [5.74, 6) is 0.506. The first-order valence-corrected chi connectivity index (χ1v) is 7.57. The van der Waals surface area contributed by atoms with E-state index in [1.54, 1.807) is 0 Å². The van der Waals surface area contributed by atoms with Gasteiger partial charge < -0.3 is 4.74 Å². The van der Waals surface area contributed by atoms with Crippen LogP contribution >= 0.6 is 27.5 Å². The van der Waals surface area contributed by atoms with E-state index in [1.807, 2.05) is 38.1 Å². The van der Waals surface area contributed by atoms with Crippen molar-refractivity contribution in [2.75, 3.05) is 6.61 Å². The van der Waals surface area contributed by atoms with Gasteiger partial charge in [-0.05, 0) is 70.7 Å². The summed E-state index contributed by atoms with van der Waals surface area (Å²) >= 11 is 9.91. The van der Waals surface area contributed by atoms with Crippen LogP contribution in [0.4, 0.5) is 4.39 Å². The van der Waals surface area contributed by atoms with E-state index >= 15 is 0 Å². The number of aryl methyl sites for hydroxylation is 1. The minimum atomic E-state index is -0.392. The van der Waals surface area contributed by atoms with E-state index in [-0.39, 0.29) is 5.82 Å². The van der Waals surface area contributed by atoms with E-state index in [1.165, 1.54) is 12.1 Å². The highest BCUT2D eigenvalue weighted by Crippen LogP contribution is 2.34. The number of hydrogen-bond donors (Lipinski definition) is 0. The largest absolute Gasteiger partial charge is 0.493 e. The molecular formula is C16H15BrClFO. The van der Waals surface area contributed by atoms with Gasteiger partial charge in [0.2, 0.25) is 0 Å². The van der Waals surface area contributed by atoms with Gasteiger partial charge in [-0.25, -0.2) is 4.39 Å². The van der Waals surface area contributed by atoms with Gasteiger partial charge in [0, 0.05) is 0 Å². The van der Waals surface area contributed by atoms with Crippen LogP contribution in [0.2, 0.25) is 0 Å². The molecule has 0 saturated heterocycles. The van der Waals surface area contributed by atoms with Crippen LogP contribution in [0.1, 0.15) is 29.0 Å². The van der Waals surface area contributed by atoms with Crippen molar-refractivity contribution >= 4 is 27.5 Å².